The van der Waals surface area contributed by atoms with Crippen LogP contribution >= 0.6 is 0 Å². The van der Waals surface area contributed by atoms with Crippen LogP contribution in [0.25, 0.3) is 0 Å². The van der Waals surface area contributed by atoms with Crippen molar-refractivity contribution >= 4 is 12.1 Å². The fraction of sp³-hybridized carbons (Fsp3) is 0.333. The minimum Gasteiger partial charge on any atom is -0.493 e. The number of methoxy groups -OCH3 is 2. The number of amides is 1. The molecule has 0 radical (unpaired) electrons. The quantitative estimate of drug-likeness (QED) is 0.551. The molecule has 0 heterocycles. The van der Waals surface area contributed by atoms with E-state index in [9.17, 15) is 9.59 Å². The van der Waals surface area contributed by atoms with Crippen LogP contribution in [0.5, 0.6) is 17.2 Å². The Labute approximate surface area is 164 Å². The fourth-order valence-electron chi connectivity index (χ4n) is 2.62. The first-order valence-corrected chi connectivity index (χ1v) is 8.92. The zero-order valence-electron chi connectivity index (χ0n) is 16.5. The molecule has 0 aliphatic heterocycles. The molecule has 0 bridgehead atoms. The summed E-state index contributed by atoms with van der Waals surface area (Å²) < 4.78 is 20.3. The van der Waals surface area contributed by atoms with Crippen molar-refractivity contribution in [3.63, 3.8) is 0 Å². The summed E-state index contributed by atoms with van der Waals surface area (Å²) in [5.74, 6) is 1.45. The van der Waals surface area contributed by atoms with E-state index in [0.29, 0.717) is 35.8 Å². The Kier molecular flexibility index (Phi) is 7.68. The summed E-state index contributed by atoms with van der Waals surface area (Å²) in [6, 6.07) is 10.1. The second kappa shape index (κ2) is 10.2. The molecular formula is C21H25NO6. The van der Waals surface area contributed by atoms with Crippen LogP contribution in [0.15, 0.2) is 36.4 Å². The lowest BCUT2D eigenvalue weighted by atomic mass is 10.0. The zero-order chi connectivity index (χ0) is 20.5. The molecule has 7 nitrogen and oxygen atoms in total. The molecule has 0 saturated carbocycles. The van der Waals surface area contributed by atoms with Crippen LogP contribution in [0.4, 0.5) is 4.79 Å². The van der Waals surface area contributed by atoms with E-state index in [-0.39, 0.29) is 12.5 Å². The number of benzene rings is 2. The van der Waals surface area contributed by atoms with E-state index in [2.05, 4.69) is 5.32 Å². The van der Waals surface area contributed by atoms with Crippen LogP contribution in [0, 0.1) is 6.92 Å². The van der Waals surface area contributed by atoms with Crippen LogP contribution in [-0.2, 0) is 11.2 Å². The predicted octanol–water partition coefficient (Wildman–Crippen LogP) is 3.52. The van der Waals surface area contributed by atoms with Crippen molar-refractivity contribution in [1.29, 1.82) is 0 Å². The number of hydrogen-bond donors (Lipinski definition) is 1. The monoisotopic (exact) mass is 387 g/mol. The summed E-state index contributed by atoms with van der Waals surface area (Å²) in [5.41, 5.74) is 2.60. The third kappa shape index (κ3) is 5.64. The number of carbonyl (C=O) groups is 2. The summed E-state index contributed by atoms with van der Waals surface area (Å²) in [4.78, 5) is 23.6. The molecule has 2 aromatic rings. The molecule has 150 valence electrons. The third-order valence-electron chi connectivity index (χ3n) is 4.10. The van der Waals surface area contributed by atoms with Gasteiger partial charge in [-0.25, -0.2) is 4.79 Å². The molecular weight excluding hydrogens is 362 g/mol. The molecule has 0 aromatic heterocycles. The van der Waals surface area contributed by atoms with Gasteiger partial charge in [-0.2, -0.15) is 0 Å². The van der Waals surface area contributed by atoms with Gasteiger partial charge in [0, 0.05) is 12.1 Å². The smallest absolute Gasteiger partial charge is 0.493 e. The first kappa shape index (κ1) is 21.1. The molecule has 0 unspecified atom stereocenters. The summed E-state index contributed by atoms with van der Waals surface area (Å²) in [6.07, 6.45) is -0.118. The molecule has 0 fully saturated rings. The van der Waals surface area contributed by atoms with Gasteiger partial charge in [0.25, 0.3) is 5.91 Å². The first-order valence-electron chi connectivity index (χ1n) is 8.92. The Balaban J connectivity index is 1.91. The number of nitrogens with one attached hydrogen (secondary N) is 1. The SMILES string of the molecule is CCOC(=O)Oc1ccc(C(=O)NCCc2cc(OC)c(OC)cc2C)cc1. The van der Waals surface area contributed by atoms with Crippen molar-refractivity contribution in [1.82, 2.24) is 5.32 Å². The molecule has 0 spiro atoms. The average molecular weight is 387 g/mol. The van der Waals surface area contributed by atoms with E-state index in [1.807, 2.05) is 19.1 Å². The summed E-state index contributed by atoms with van der Waals surface area (Å²) in [5, 5.41) is 2.88. The first-order chi connectivity index (χ1) is 13.5. The molecule has 0 aliphatic carbocycles. The number of carbonyl (C=O) groups excluding carboxylic acids is 2. The fourth-order valence-corrected chi connectivity index (χ4v) is 2.62. The van der Waals surface area contributed by atoms with Crippen molar-refractivity contribution < 1.29 is 28.5 Å². The highest BCUT2D eigenvalue weighted by Gasteiger charge is 2.11. The largest absolute Gasteiger partial charge is 0.513 e. The number of ether oxygens (including phenoxy) is 4. The standard InChI is InChI=1S/C21H25NO6/c1-5-27-21(24)28-17-8-6-15(7-9-17)20(23)22-11-10-16-13-19(26-4)18(25-3)12-14(16)2/h6-9,12-13H,5,10-11H2,1-4H3,(H,22,23). The van der Waals surface area contributed by atoms with E-state index >= 15 is 0 Å². The summed E-state index contributed by atoms with van der Waals surface area (Å²) >= 11 is 0. The van der Waals surface area contributed by atoms with Crippen LogP contribution in [0.2, 0.25) is 0 Å². The molecule has 28 heavy (non-hydrogen) atoms. The molecule has 7 heteroatoms. The maximum atomic E-state index is 12.3. The third-order valence-corrected chi connectivity index (χ3v) is 4.10. The Morgan fingerprint density at radius 2 is 1.64 bits per heavy atom. The van der Waals surface area contributed by atoms with Gasteiger partial charge in [-0.1, -0.05) is 0 Å². The Hall–Kier alpha value is -3.22. The van der Waals surface area contributed by atoms with Gasteiger partial charge in [-0.05, 0) is 67.8 Å². The Morgan fingerprint density at radius 3 is 2.25 bits per heavy atom. The highest BCUT2D eigenvalue weighted by atomic mass is 16.7. The van der Waals surface area contributed by atoms with E-state index in [4.69, 9.17) is 18.9 Å². The number of aryl methyl sites for hydroxylation is 1. The summed E-state index contributed by atoms with van der Waals surface area (Å²) in [6.45, 7) is 4.38. The lowest BCUT2D eigenvalue weighted by Gasteiger charge is -2.13. The maximum absolute atomic E-state index is 12.3. The van der Waals surface area contributed by atoms with Crippen LogP contribution in [-0.4, -0.2) is 39.4 Å². The molecule has 0 aliphatic rings. The van der Waals surface area contributed by atoms with Gasteiger partial charge in [0.15, 0.2) is 11.5 Å². The molecule has 1 N–H and O–H groups in total. The Bertz CT molecular complexity index is 816. The van der Waals surface area contributed by atoms with Gasteiger partial charge in [-0.3, -0.25) is 4.79 Å². The van der Waals surface area contributed by atoms with Crippen LogP contribution in [0.1, 0.15) is 28.4 Å². The second-order valence-corrected chi connectivity index (χ2v) is 5.95. The number of rotatable bonds is 8. The van der Waals surface area contributed by atoms with Crippen molar-refractivity contribution in [3.8, 4) is 17.2 Å². The zero-order valence-corrected chi connectivity index (χ0v) is 16.5. The highest BCUT2D eigenvalue weighted by Crippen LogP contribution is 2.30. The average Bonchev–Trinajstić information content (AvgIpc) is 2.69. The van der Waals surface area contributed by atoms with Gasteiger partial charge < -0.3 is 24.3 Å². The predicted molar refractivity (Wildman–Crippen MR) is 104 cm³/mol. The van der Waals surface area contributed by atoms with Crippen molar-refractivity contribution in [3.05, 3.63) is 53.1 Å². The van der Waals surface area contributed by atoms with E-state index in [0.717, 1.165) is 11.1 Å². The molecule has 2 aromatic carbocycles. The van der Waals surface area contributed by atoms with Gasteiger partial charge in [0.1, 0.15) is 5.75 Å². The van der Waals surface area contributed by atoms with Crippen molar-refractivity contribution in [2.75, 3.05) is 27.4 Å². The van der Waals surface area contributed by atoms with Gasteiger partial charge in [0.05, 0.1) is 20.8 Å². The van der Waals surface area contributed by atoms with Crippen molar-refractivity contribution in [2.24, 2.45) is 0 Å². The minimum absolute atomic E-state index is 0.208. The molecule has 2 rings (SSSR count). The van der Waals surface area contributed by atoms with Gasteiger partial charge >= 0.3 is 6.16 Å². The van der Waals surface area contributed by atoms with Gasteiger partial charge in [0.2, 0.25) is 0 Å². The minimum atomic E-state index is -0.773. The van der Waals surface area contributed by atoms with Crippen LogP contribution in [0.3, 0.4) is 0 Å². The maximum Gasteiger partial charge on any atom is 0.513 e. The molecule has 1 amide bonds. The second-order valence-electron chi connectivity index (χ2n) is 5.95. The van der Waals surface area contributed by atoms with E-state index in [1.54, 1.807) is 45.4 Å². The van der Waals surface area contributed by atoms with E-state index in [1.165, 1.54) is 0 Å². The molecule has 0 atom stereocenters. The van der Waals surface area contributed by atoms with Crippen molar-refractivity contribution in [2.45, 2.75) is 20.3 Å². The lowest BCUT2D eigenvalue weighted by molar-refractivity contribution is 0.0954. The van der Waals surface area contributed by atoms with Gasteiger partial charge in [-0.15, -0.1) is 0 Å². The number of hydrogen-bond acceptors (Lipinski definition) is 6. The summed E-state index contributed by atoms with van der Waals surface area (Å²) in [7, 11) is 3.19. The Morgan fingerprint density at radius 1 is 1.00 bits per heavy atom. The van der Waals surface area contributed by atoms with E-state index < -0.39 is 6.16 Å². The highest BCUT2D eigenvalue weighted by molar-refractivity contribution is 5.94. The van der Waals surface area contributed by atoms with Crippen LogP contribution < -0.4 is 19.5 Å². The molecule has 0 saturated heterocycles. The topological polar surface area (TPSA) is 83.1 Å². The normalized spacial score (nSPS) is 10.1. The lowest BCUT2D eigenvalue weighted by Crippen LogP contribution is -2.25.